The summed E-state index contributed by atoms with van der Waals surface area (Å²) in [5, 5.41) is 16.8. The highest BCUT2D eigenvalue weighted by Gasteiger charge is 2.22. The molecule has 11 heteroatoms. The number of unbranched alkanes of at least 4 members (excludes halogenated alkanes) is 1. The fourth-order valence-electron chi connectivity index (χ4n) is 5.67. The molecule has 1 aromatic heterocycles. The number of amides is 1. The summed E-state index contributed by atoms with van der Waals surface area (Å²) in [4.78, 5) is 18.2. The van der Waals surface area contributed by atoms with E-state index in [0.717, 1.165) is 91.2 Å². The minimum absolute atomic E-state index is 0.158. The Balaban J connectivity index is 1.25. The van der Waals surface area contributed by atoms with Crippen molar-refractivity contribution in [3.05, 3.63) is 65.7 Å². The molecular weight excluding hydrogens is 623 g/mol. The molecule has 0 unspecified atom stereocenters. The largest absolute Gasteiger partial charge is 0.491 e. The quantitative estimate of drug-likeness (QED) is 0.117. The third-order valence-corrected chi connectivity index (χ3v) is 9.03. The van der Waals surface area contributed by atoms with Gasteiger partial charge in [0.1, 0.15) is 29.9 Å². The molecule has 2 aliphatic rings. The molecule has 0 spiro atoms. The number of fused-ring (bicyclic) bond motifs is 1. The van der Waals surface area contributed by atoms with Crippen molar-refractivity contribution in [1.82, 2.24) is 20.5 Å². The van der Waals surface area contributed by atoms with Crippen molar-refractivity contribution in [3.63, 3.8) is 0 Å². The fraction of sp³-hybridized carbons (Fsp3) is 0.459. The first-order valence-electron chi connectivity index (χ1n) is 17.2. The normalized spacial score (nSPS) is 14.3. The number of rotatable bonds is 17. The van der Waals surface area contributed by atoms with Crippen molar-refractivity contribution >= 4 is 41.1 Å². The van der Waals surface area contributed by atoms with Gasteiger partial charge < -0.3 is 24.6 Å². The molecule has 0 fully saturated rings. The lowest BCUT2D eigenvalue weighted by molar-refractivity contribution is -0.112. The van der Waals surface area contributed by atoms with E-state index in [1.165, 1.54) is 0 Å². The summed E-state index contributed by atoms with van der Waals surface area (Å²) in [6.45, 7) is 14.0. The molecule has 0 aliphatic carbocycles. The Kier molecular flexibility index (Phi) is 13.1. The highest BCUT2D eigenvalue weighted by Crippen LogP contribution is 2.34. The molecule has 0 atom stereocenters. The van der Waals surface area contributed by atoms with E-state index in [1.807, 2.05) is 30.3 Å². The van der Waals surface area contributed by atoms with Crippen molar-refractivity contribution in [2.24, 2.45) is 11.0 Å². The first-order valence-corrected chi connectivity index (χ1v) is 18.1. The summed E-state index contributed by atoms with van der Waals surface area (Å²) in [6.07, 6.45) is 5.92. The molecule has 0 bridgehead atoms. The van der Waals surface area contributed by atoms with Crippen LogP contribution in [0.3, 0.4) is 0 Å². The maximum atomic E-state index is 13.6. The zero-order chi connectivity index (χ0) is 33.7. The third kappa shape index (κ3) is 9.96. The molecule has 2 aromatic carbocycles. The molecule has 0 radical (unpaired) electrons. The Morgan fingerprint density at radius 1 is 0.979 bits per heavy atom. The van der Waals surface area contributed by atoms with Crippen LogP contribution in [0.1, 0.15) is 58.9 Å². The van der Waals surface area contributed by atoms with Crippen LogP contribution in [0.25, 0.3) is 17.2 Å². The van der Waals surface area contributed by atoms with Crippen molar-refractivity contribution < 1.29 is 14.3 Å². The SMILES string of the molecule is CCCCOCCOc1ccc(-c2ccc3c(c2)C=C(C(=O)Nc2ccc(SCC4=NNCN4CCC)nn2)CCN3CC(C)C)cc1. The number of aromatic nitrogens is 2. The molecule has 0 saturated heterocycles. The van der Waals surface area contributed by atoms with Gasteiger partial charge in [-0.3, -0.25) is 10.2 Å². The molecule has 10 nitrogen and oxygen atoms in total. The minimum atomic E-state index is -0.158. The lowest BCUT2D eigenvalue weighted by Gasteiger charge is -2.27. The average Bonchev–Trinajstić information content (AvgIpc) is 3.46. The number of amidine groups is 1. The van der Waals surface area contributed by atoms with Gasteiger partial charge >= 0.3 is 0 Å². The van der Waals surface area contributed by atoms with E-state index in [4.69, 9.17) is 9.47 Å². The second-order valence-electron chi connectivity index (χ2n) is 12.5. The van der Waals surface area contributed by atoms with Gasteiger partial charge in [0, 0.05) is 37.5 Å². The Morgan fingerprint density at radius 3 is 2.56 bits per heavy atom. The number of nitrogens with zero attached hydrogens (tertiary/aromatic N) is 5. The predicted molar refractivity (Wildman–Crippen MR) is 197 cm³/mol. The predicted octanol–water partition coefficient (Wildman–Crippen LogP) is 6.91. The lowest BCUT2D eigenvalue weighted by atomic mass is 10.00. The molecule has 2 N–H and O–H groups in total. The van der Waals surface area contributed by atoms with Gasteiger partial charge in [-0.15, -0.1) is 10.2 Å². The van der Waals surface area contributed by atoms with E-state index >= 15 is 0 Å². The van der Waals surface area contributed by atoms with E-state index < -0.39 is 0 Å². The number of thioether (sulfide) groups is 1. The van der Waals surface area contributed by atoms with Crippen molar-refractivity contribution in [1.29, 1.82) is 0 Å². The van der Waals surface area contributed by atoms with E-state index in [1.54, 1.807) is 11.8 Å². The Bertz CT molecular complexity index is 1540. The van der Waals surface area contributed by atoms with Gasteiger partial charge in [-0.25, -0.2) is 0 Å². The van der Waals surface area contributed by atoms with E-state index in [2.05, 4.69) is 93.9 Å². The second-order valence-corrected chi connectivity index (χ2v) is 13.5. The second kappa shape index (κ2) is 17.9. The first kappa shape index (κ1) is 35.2. The van der Waals surface area contributed by atoms with Crippen LogP contribution in [0.5, 0.6) is 5.75 Å². The number of carbonyl (C=O) groups is 1. The molecule has 1 amide bonds. The van der Waals surface area contributed by atoms with Gasteiger partial charge in [0.2, 0.25) is 0 Å². The van der Waals surface area contributed by atoms with Gasteiger partial charge in [0.25, 0.3) is 5.91 Å². The van der Waals surface area contributed by atoms with Crippen LogP contribution in [-0.4, -0.2) is 78.7 Å². The topological polar surface area (TPSA) is 104 Å². The van der Waals surface area contributed by atoms with Crippen LogP contribution < -0.4 is 20.4 Å². The summed E-state index contributed by atoms with van der Waals surface area (Å²) >= 11 is 1.58. The van der Waals surface area contributed by atoms with E-state index in [-0.39, 0.29) is 5.91 Å². The van der Waals surface area contributed by atoms with E-state index in [0.29, 0.717) is 42.7 Å². The Hall–Kier alpha value is -4.09. The summed E-state index contributed by atoms with van der Waals surface area (Å²) in [7, 11) is 0. The smallest absolute Gasteiger partial charge is 0.252 e. The van der Waals surface area contributed by atoms with Crippen LogP contribution in [0, 0.1) is 5.92 Å². The number of anilines is 2. The van der Waals surface area contributed by atoms with Crippen molar-refractivity contribution in [3.8, 4) is 16.9 Å². The van der Waals surface area contributed by atoms with Crippen molar-refractivity contribution in [2.45, 2.75) is 58.4 Å². The van der Waals surface area contributed by atoms with E-state index in [9.17, 15) is 4.79 Å². The number of benzene rings is 2. The molecule has 5 rings (SSSR count). The summed E-state index contributed by atoms with van der Waals surface area (Å²) in [6, 6.07) is 18.4. The van der Waals surface area contributed by atoms with Gasteiger partial charge in [0.15, 0.2) is 5.82 Å². The van der Waals surface area contributed by atoms with Crippen molar-refractivity contribution in [2.75, 3.05) is 62.1 Å². The molecule has 3 heterocycles. The highest BCUT2D eigenvalue weighted by atomic mass is 32.2. The van der Waals surface area contributed by atoms with Crippen LogP contribution in [-0.2, 0) is 9.53 Å². The lowest BCUT2D eigenvalue weighted by Crippen LogP contribution is -2.31. The highest BCUT2D eigenvalue weighted by molar-refractivity contribution is 7.99. The average molecular weight is 672 g/mol. The summed E-state index contributed by atoms with van der Waals surface area (Å²) in [5.74, 6) is 3.31. The van der Waals surface area contributed by atoms with Crippen LogP contribution in [0.2, 0.25) is 0 Å². The molecule has 2 aliphatic heterocycles. The standard InChI is InChI=1S/C37H49N7O3S/c1-5-7-19-46-20-21-47-32-11-8-28(9-12-32)29-10-13-33-31(22-29)23-30(16-18-43(33)24-27(3)4)37(45)39-34-14-15-36(42-40-34)48-25-35-41-38-26-44(35)17-6-2/h8-15,22-23,27,38H,5-7,16-21,24-26H2,1-4H3,(H,39,40,45). The van der Waals surface area contributed by atoms with Crippen LogP contribution in [0.15, 0.2) is 70.3 Å². The maximum absolute atomic E-state index is 13.6. The molecule has 256 valence electrons. The maximum Gasteiger partial charge on any atom is 0.252 e. The monoisotopic (exact) mass is 671 g/mol. The third-order valence-electron chi connectivity index (χ3n) is 8.11. The van der Waals surface area contributed by atoms with Gasteiger partial charge in [-0.05, 0) is 84.3 Å². The Morgan fingerprint density at radius 2 is 1.81 bits per heavy atom. The number of hydrogen-bond acceptors (Lipinski definition) is 10. The molecule has 0 saturated carbocycles. The van der Waals surface area contributed by atoms with Gasteiger partial charge in [0.05, 0.1) is 12.4 Å². The number of hydrogen-bond donors (Lipinski definition) is 2. The number of ether oxygens (including phenoxy) is 2. The molecule has 48 heavy (non-hydrogen) atoms. The van der Waals surface area contributed by atoms with Crippen LogP contribution >= 0.6 is 11.8 Å². The zero-order valence-corrected chi connectivity index (χ0v) is 29.5. The molecule has 3 aromatic rings. The zero-order valence-electron chi connectivity index (χ0n) is 28.7. The van der Waals surface area contributed by atoms with Crippen LogP contribution in [0.4, 0.5) is 11.5 Å². The molecular formula is C37H49N7O3S. The van der Waals surface area contributed by atoms with Gasteiger partial charge in [-0.2, -0.15) is 5.10 Å². The first-order chi connectivity index (χ1) is 23.4. The minimum Gasteiger partial charge on any atom is -0.491 e. The summed E-state index contributed by atoms with van der Waals surface area (Å²) in [5.41, 5.74) is 8.11. The summed E-state index contributed by atoms with van der Waals surface area (Å²) < 4.78 is 11.5. The van der Waals surface area contributed by atoms with Gasteiger partial charge in [-0.1, -0.05) is 64.1 Å². The number of nitrogens with one attached hydrogen (secondary N) is 2. The fourth-order valence-corrected chi connectivity index (χ4v) is 6.45. The Labute approximate surface area is 289 Å². The number of carbonyl (C=O) groups excluding carboxylic acids is 1. The number of hydrazone groups is 1.